The summed E-state index contributed by atoms with van der Waals surface area (Å²) in [5, 5.41) is 3.31. The van der Waals surface area contributed by atoms with E-state index in [1.54, 1.807) is 0 Å². The fourth-order valence-electron chi connectivity index (χ4n) is 4.16. The number of carbonyl (C=O) groups is 1. The van der Waals surface area contributed by atoms with Crippen LogP contribution in [-0.2, 0) is 14.8 Å². The van der Waals surface area contributed by atoms with Crippen molar-refractivity contribution in [2.45, 2.75) is 56.5 Å². The van der Waals surface area contributed by atoms with Crippen LogP contribution in [0.25, 0.3) is 0 Å². The van der Waals surface area contributed by atoms with Crippen molar-refractivity contribution in [2.75, 3.05) is 23.9 Å². The first-order valence-electron chi connectivity index (χ1n) is 11.4. The molecule has 1 N–H and O–H groups in total. The normalized spacial score (nSPS) is 17.9. The number of sulfonamides is 1. The largest absolute Gasteiger partial charge is 0.354 e. The van der Waals surface area contributed by atoms with Gasteiger partial charge >= 0.3 is 0 Å². The minimum atomic E-state index is -4.30. The lowest BCUT2D eigenvalue weighted by atomic mass is 10.0. The van der Waals surface area contributed by atoms with Crippen LogP contribution in [0.1, 0.15) is 39.5 Å². The molecule has 6 nitrogen and oxygen atoms in total. The SMILES string of the molecule is CC1CCCCN1CCCNC(=O)[C@@H](C)N(c1cc(Cl)ccc1F)S(=O)(=O)c1ccc(Cl)cc1. The van der Waals surface area contributed by atoms with Gasteiger partial charge in [-0.1, -0.05) is 29.6 Å². The van der Waals surface area contributed by atoms with Gasteiger partial charge in [0.1, 0.15) is 11.9 Å². The van der Waals surface area contributed by atoms with Crippen LogP contribution in [-0.4, -0.2) is 50.9 Å². The van der Waals surface area contributed by atoms with Crippen LogP contribution in [0.2, 0.25) is 10.0 Å². The first kappa shape index (κ1) is 26.7. The molecule has 34 heavy (non-hydrogen) atoms. The summed E-state index contributed by atoms with van der Waals surface area (Å²) in [5.74, 6) is -1.33. The molecule has 2 aromatic rings. The summed E-state index contributed by atoms with van der Waals surface area (Å²) < 4.78 is 42.6. The van der Waals surface area contributed by atoms with Crippen molar-refractivity contribution in [3.8, 4) is 0 Å². The van der Waals surface area contributed by atoms with Crippen molar-refractivity contribution in [3.05, 3.63) is 58.3 Å². The van der Waals surface area contributed by atoms with Gasteiger partial charge < -0.3 is 10.2 Å². The van der Waals surface area contributed by atoms with Crippen molar-refractivity contribution in [1.29, 1.82) is 0 Å². The predicted molar refractivity (Wildman–Crippen MR) is 135 cm³/mol. The molecular formula is C24H30Cl2FN3O3S. The van der Waals surface area contributed by atoms with Crippen LogP contribution >= 0.6 is 23.2 Å². The Morgan fingerprint density at radius 2 is 1.85 bits per heavy atom. The minimum Gasteiger partial charge on any atom is -0.354 e. The third kappa shape index (κ3) is 6.42. The van der Waals surface area contributed by atoms with Crippen LogP contribution < -0.4 is 9.62 Å². The standard InChI is InChI=1S/C24H30Cl2FN3O3S/c1-17-6-3-4-14-29(17)15-5-13-28-24(31)18(2)30(23-16-20(26)9-12-22(23)27)34(32,33)21-10-7-19(25)8-11-21/h7-12,16-18H,3-6,13-15H2,1-2H3,(H,28,31)/t17?,18-/m1/s1. The third-order valence-electron chi connectivity index (χ3n) is 6.11. The summed E-state index contributed by atoms with van der Waals surface area (Å²) in [6, 6.07) is 8.38. The molecule has 0 spiro atoms. The smallest absolute Gasteiger partial charge is 0.265 e. The molecule has 1 heterocycles. The van der Waals surface area contributed by atoms with E-state index >= 15 is 0 Å². The second-order valence-electron chi connectivity index (χ2n) is 8.55. The summed E-state index contributed by atoms with van der Waals surface area (Å²) in [6.45, 7) is 5.92. The molecule has 0 saturated carbocycles. The van der Waals surface area contributed by atoms with E-state index in [2.05, 4.69) is 17.1 Å². The number of likely N-dealkylation sites (tertiary alicyclic amines) is 1. The molecule has 1 amide bonds. The number of piperidine rings is 1. The second-order valence-corrected chi connectivity index (χ2v) is 11.2. The van der Waals surface area contributed by atoms with Gasteiger partial charge in [0.15, 0.2) is 0 Å². The molecule has 186 valence electrons. The topological polar surface area (TPSA) is 69.7 Å². The Hall–Kier alpha value is -1.87. The zero-order valence-electron chi connectivity index (χ0n) is 19.3. The number of rotatable bonds is 9. The van der Waals surface area contributed by atoms with Crippen LogP contribution in [0.3, 0.4) is 0 Å². The number of hydrogen-bond acceptors (Lipinski definition) is 4. The molecular weight excluding hydrogens is 500 g/mol. The quantitative estimate of drug-likeness (QED) is 0.459. The maximum Gasteiger partial charge on any atom is 0.265 e. The van der Waals surface area contributed by atoms with Gasteiger partial charge in [0, 0.05) is 29.2 Å². The van der Waals surface area contributed by atoms with Gasteiger partial charge in [0.05, 0.1) is 10.6 Å². The van der Waals surface area contributed by atoms with Crippen molar-refractivity contribution in [1.82, 2.24) is 10.2 Å². The van der Waals surface area contributed by atoms with Gasteiger partial charge in [-0.3, -0.25) is 9.10 Å². The van der Waals surface area contributed by atoms with E-state index in [-0.39, 0.29) is 15.6 Å². The van der Waals surface area contributed by atoms with Crippen molar-refractivity contribution >= 4 is 44.8 Å². The van der Waals surface area contributed by atoms with Crippen LogP contribution in [0.5, 0.6) is 0 Å². The number of amides is 1. The minimum absolute atomic E-state index is 0.116. The molecule has 0 aromatic heterocycles. The van der Waals surface area contributed by atoms with Crippen molar-refractivity contribution in [2.24, 2.45) is 0 Å². The lowest BCUT2D eigenvalue weighted by Crippen LogP contribution is -2.49. The molecule has 2 aromatic carbocycles. The summed E-state index contributed by atoms with van der Waals surface area (Å²) in [6.07, 6.45) is 4.32. The first-order valence-corrected chi connectivity index (χ1v) is 13.6. The van der Waals surface area contributed by atoms with Crippen LogP contribution in [0, 0.1) is 5.82 Å². The molecule has 10 heteroatoms. The average molecular weight is 530 g/mol. The fourth-order valence-corrected chi connectivity index (χ4v) is 6.07. The Bertz CT molecular complexity index is 1100. The Morgan fingerprint density at radius 3 is 2.53 bits per heavy atom. The molecule has 1 fully saturated rings. The highest BCUT2D eigenvalue weighted by atomic mass is 35.5. The van der Waals surface area contributed by atoms with Gasteiger partial charge in [-0.15, -0.1) is 0 Å². The van der Waals surface area contributed by atoms with Crippen LogP contribution in [0.4, 0.5) is 10.1 Å². The van der Waals surface area contributed by atoms with E-state index in [1.165, 1.54) is 62.6 Å². The van der Waals surface area contributed by atoms with E-state index in [1.807, 2.05) is 0 Å². The summed E-state index contributed by atoms with van der Waals surface area (Å²) in [7, 11) is -4.30. The number of halogens is 3. The number of anilines is 1. The molecule has 1 aliphatic rings. The average Bonchev–Trinajstić information content (AvgIpc) is 2.80. The van der Waals surface area contributed by atoms with Crippen molar-refractivity contribution < 1.29 is 17.6 Å². The Balaban J connectivity index is 1.79. The molecule has 0 aliphatic carbocycles. The summed E-state index contributed by atoms with van der Waals surface area (Å²) in [4.78, 5) is 15.3. The number of benzene rings is 2. The lowest BCUT2D eigenvalue weighted by Gasteiger charge is -2.33. The molecule has 3 rings (SSSR count). The number of carbonyl (C=O) groups excluding carboxylic acids is 1. The fraction of sp³-hybridized carbons (Fsp3) is 0.458. The van der Waals surface area contributed by atoms with Gasteiger partial charge in [-0.25, -0.2) is 12.8 Å². The monoisotopic (exact) mass is 529 g/mol. The second kappa shape index (κ2) is 11.7. The molecule has 2 atom stereocenters. The maximum absolute atomic E-state index is 14.8. The first-order chi connectivity index (χ1) is 16.1. The summed E-state index contributed by atoms with van der Waals surface area (Å²) in [5.41, 5.74) is -0.299. The zero-order valence-corrected chi connectivity index (χ0v) is 21.6. The molecule has 1 aliphatic heterocycles. The molecule has 1 unspecified atom stereocenters. The Morgan fingerprint density at radius 1 is 1.18 bits per heavy atom. The Labute approximate surface area is 211 Å². The highest BCUT2D eigenvalue weighted by Crippen LogP contribution is 2.31. The van der Waals surface area contributed by atoms with E-state index in [4.69, 9.17) is 23.2 Å². The van der Waals surface area contributed by atoms with E-state index < -0.39 is 27.8 Å². The maximum atomic E-state index is 14.8. The number of hydrogen-bond donors (Lipinski definition) is 1. The third-order valence-corrected chi connectivity index (χ3v) is 8.49. The molecule has 1 saturated heterocycles. The van der Waals surface area contributed by atoms with Crippen LogP contribution in [0.15, 0.2) is 47.4 Å². The number of nitrogens with one attached hydrogen (secondary N) is 1. The lowest BCUT2D eigenvalue weighted by molar-refractivity contribution is -0.121. The zero-order chi connectivity index (χ0) is 24.9. The van der Waals surface area contributed by atoms with E-state index in [9.17, 15) is 17.6 Å². The number of nitrogens with zero attached hydrogens (tertiary/aromatic N) is 2. The predicted octanol–water partition coefficient (Wildman–Crippen LogP) is 5.10. The van der Waals surface area contributed by atoms with E-state index in [0.717, 1.165) is 29.9 Å². The van der Waals surface area contributed by atoms with Gasteiger partial charge in [0.2, 0.25) is 5.91 Å². The van der Waals surface area contributed by atoms with Gasteiger partial charge in [-0.2, -0.15) is 0 Å². The van der Waals surface area contributed by atoms with Gasteiger partial charge in [-0.05, 0) is 82.1 Å². The molecule has 0 bridgehead atoms. The van der Waals surface area contributed by atoms with Crippen molar-refractivity contribution in [3.63, 3.8) is 0 Å². The highest BCUT2D eigenvalue weighted by Gasteiger charge is 2.35. The highest BCUT2D eigenvalue weighted by molar-refractivity contribution is 7.93. The summed E-state index contributed by atoms with van der Waals surface area (Å²) >= 11 is 11.9. The molecule has 0 radical (unpaired) electrons. The Kier molecular flexibility index (Phi) is 9.20. The van der Waals surface area contributed by atoms with Gasteiger partial charge in [0.25, 0.3) is 10.0 Å². The van der Waals surface area contributed by atoms with E-state index in [0.29, 0.717) is 17.6 Å².